The van der Waals surface area contributed by atoms with Crippen LogP contribution in [0.25, 0.3) is 0 Å². The zero-order chi connectivity index (χ0) is 14.4. The first kappa shape index (κ1) is 16.3. The van der Waals surface area contributed by atoms with E-state index < -0.39 is 40.9 Å². The molecule has 1 unspecified atom stereocenters. The minimum Gasteiger partial charge on any atom is -0.484 e. The summed E-state index contributed by atoms with van der Waals surface area (Å²) in [6.07, 6.45) is 2.32. The fraction of sp³-hybridized carbons (Fsp3) is 0.538. The Morgan fingerprint density at radius 2 is 1.19 bits per heavy atom. The number of rotatable bonds is 2. The van der Waals surface area contributed by atoms with Gasteiger partial charge in [-0.1, -0.05) is 0 Å². The maximum atomic E-state index is 13.5. The van der Waals surface area contributed by atoms with Gasteiger partial charge < -0.3 is 10.1 Å². The van der Waals surface area contributed by atoms with E-state index in [1.165, 1.54) is 0 Å². The van der Waals surface area contributed by atoms with Crippen molar-refractivity contribution in [2.75, 3.05) is 0 Å². The van der Waals surface area contributed by atoms with E-state index in [4.69, 9.17) is 4.74 Å². The highest BCUT2D eigenvalue weighted by Crippen LogP contribution is 2.34. The highest BCUT2D eigenvalue weighted by molar-refractivity contribution is 5.85. The number of hydrogen-bond donors (Lipinski definition) is 1. The molecule has 2 fully saturated rings. The Bertz CT molecular complexity index is 515. The molecule has 2 bridgehead atoms. The van der Waals surface area contributed by atoms with Crippen molar-refractivity contribution in [1.29, 1.82) is 0 Å². The second-order valence-corrected chi connectivity index (χ2v) is 5.25. The first-order valence-electron chi connectivity index (χ1n) is 6.41. The van der Waals surface area contributed by atoms with Crippen LogP contribution in [0.5, 0.6) is 5.75 Å². The largest absolute Gasteiger partial charge is 0.484 e. The molecule has 0 radical (unpaired) electrons. The minimum atomic E-state index is -2.17. The number of halogens is 6. The summed E-state index contributed by atoms with van der Waals surface area (Å²) in [5.74, 6) is -11.1. The zero-order valence-electron chi connectivity index (χ0n) is 10.8. The van der Waals surface area contributed by atoms with E-state index in [-0.39, 0.29) is 24.5 Å². The lowest BCUT2D eigenvalue weighted by molar-refractivity contribution is 0.122. The van der Waals surface area contributed by atoms with Gasteiger partial charge in [-0.3, -0.25) is 0 Å². The van der Waals surface area contributed by atoms with E-state index in [9.17, 15) is 22.0 Å². The molecular formula is C13H13ClF5NO. The highest BCUT2D eigenvalue weighted by atomic mass is 35.5. The van der Waals surface area contributed by atoms with Crippen LogP contribution in [0.15, 0.2) is 0 Å². The molecule has 2 nitrogen and oxygen atoms in total. The number of fused-ring (bicyclic) bond motifs is 2. The smallest absolute Gasteiger partial charge is 0.207 e. The third kappa shape index (κ3) is 2.81. The molecule has 0 saturated carbocycles. The number of hydrogen-bond acceptors (Lipinski definition) is 2. The molecule has 2 saturated heterocycles. The van der Waals surface area contributed by atoms with Gasteiger partial charge in [0, 0.05) is 12.1 Å². The topological polar surface area (TPSA) is 21.3 Å². The summed E-state index contributed by atoms with van der Waals surface area (Å²) in [4.78, 5) is 0. The van der Waals surface area contributed by atoms with E-state index in [0.717, 1.165) is 12.8 Å². The maximum absolute atomic E-state index is 13.5. The molecule has 118 valence electrons. The van der Waals surface area contributed by atoms with Crippen LogP contribution >= 0.6 is 12.4 Å². The van der Waals surface area contributed by atoms with Crippen LogP contribution < -0.4 is 10.1 Å². The third-order valence-electron chi connectivity index (χ3n) is 3.88. The average molecular weight is 330 g/mol. The van der Waals surface area contributed by atoms with Gasteiger partial charge in [0.05, 0.1) is 0 Å². The SMILES string of the molecule is Cl.Fc1c(F)c(F)c(OC2C[C@H]3CC[C@@H](C2)N3)c(F)c1F. The van der Waals surface area contributed by atoms with Crippen LogP contribution in [-0.2, 0) is 0 Å². The van der Waals surface area contributed by atoms with Gasteiger partial charge in [-0.2, -0.15) is 8.78 Å². The van der Waals surface area contributed by atoms with Crippen LogP contribution in [0.3, 0.4) is 0 Å². The zero-order valence-corrected chi connectivity index (χ0v) is 11.6. The van der Waals surface area contributed by atoms with Crippen molar-refractivity contribution < 1.29 is 26.7 Å². The predicted molar refractivity (Wildman–Crippen MR) is 67.1 cm³/mol. The van der Waals surface area contributed by atoms with Crippen molar-refractivity contribution in [1.82, 2.24) is 5.32 Å². The van der Waals surface area contributed by atoms with E-state index in [1.54, 1.807) is 0 Å². The number of piperidine rings is 1. The Morgan fingerprint density at radius 1 is 0.762 bits per heavy atom. The van der Waals surface area contributed by atoms with Crippen molar-refractivity contribution in [3.8, 4) is 5.75 Å². The van der Waals surface area contributed by atoms with Gasteiger partial charge in [0.1, 0.15) is 6.10 Å². The monoisotopic (exact) mass is 329 g/mol. The summed E-state index contributed by atoms with van der Waals surface area (Å²) >= 11 is 0. The molecule has 3 rings (SSSR count). The molecule has 1 aromatic rings. The first-order chi connectivity index (χ1) is 9.47. The predicted octanol–water partition coefficient (Wildman–Crippen LogP) is 3.47. The molecule has 3 atom stereocenters. The minimum absolute atomic E-state index is 0. The molecular weight excluding hydrogens is 317 g/mol. The van der Waals surface area contributed by atoms with Crippen molar-refractivity contribution in [2.24, 2.45) is 0 Å². The second-order valence-electron chi connectivity index (χ2n) is 5.25. The average Bonchev–Trinajstić information content (AvgIpc) is 2.78. The van der Waals surface area contributed by atoms with Gasteiger partial charge in [0.2, 0.25) is 29.1 Å². The number of benzene rings is 1. The second kappa shape index (κ2) is 5.96. The Balaban J connectivity index is 0.00000161. The molecule has 21 heavy (non-hydrogen) atoms. The van der Waals surface area contributed by atoms with Crippen LogP contribution in [0, 0.1) is 29.1 Å². The molecule has 8 heteroatoms. The van der Waals surface area contributed by atoms with Gasteiger partial charge >= 0.3 is 0 Å². The molecule has 1 aromatic carbocycles. The van der Waals surface area contributed by atoms with Gasteiger partial charge in [0.15, 0.2) is 5.75 Å². The van der Waals surface area contributed by atoms with Crippen LogP contribution in [0.4, 0.5) is 22.0 Å². The van der Waals surface area contributed by atoms with Crippen LogP contribution in [-0.4, -0.2) is 18.2 Å². The lowest BCUT2D eigenvalue weighted by Gasteiger charge is -2.29. The number of ether oxygens (including phenoxy) is 1. The maximum Gasteiger partial charge on any atom is 0.207 e. The Morgan fingerprint density at radius 3 is 1.67 bits per heavy atom. The van der Waals surface area contributed by atoms with Crippen LogP contribution in [0.2, 0.25) is 0 Å². The Labute approximate surface area is 124 Å². The van der Waals surface area contributed by atoms with E-state index in [0.29, 0.717) is 12.8 Å². The summed E-state index contributed by atoms with van der Waals surface area (Å²) in [6.45, 7) is 0. The van der Waals surface area contributed by atoms with Crippen molar-refractivity contribution in [3.05, 3.63) is 29.1 Å². The molecule has 2 aliphatic heterocycles. The lowest BCUT2D eigenvalue weighted by Crippen LogP contribution is -2.42. The lowest BCUT2D eigenvalue weighted by atomic mass is 10.0. The van der Waals surface area contributed by atoms with Gasteiger partial charge in [-0.05, 0) is 25.7 Å². The van der Waals surface area contributed by atoms with Crippen molar-refractivity contribution in [3.63, 3.8) is 0 Å². The molecule has 0 spiro atoms. The fourth-order valence-corrected chi connectivity index (χ4v) is 2.96. The van der Waals surface area contributed by atoms with E-state index >= 15 is 0 Å². The normalized spacial score (nSPS) is 27.4. The molecule has 1 N–H and O–H groups in total. The van der Waals surface area contributed by atoms with Gasteiger partial charge in [-0.25, -0.2) is 13.2 Å². The number of nitrogens with one attached hydrogen (secondary N) is 1. The molecule has 2 heterocycles. The summed E-state index contributed by atoms with van der Waals surface area (Å²) in [6, 6.07) is 0.361. The van der Waals surface area contributed by atoms with Crippen LogP contribution in [0.1, 0.15) is 25.7 Å². The molecule has 2 aliphatic rings. The quantitative estimate of drug-likeness (QED) is 0.510. The summed E-state index contributed by atoms with van der Waals surface area (Å²) < 4.78 is 71.1. The molecule has 0 aromatic heterocycles. The van der Waals surface area contributed by atoms with E-state index in [1.807, 2.05) is 0 Å². The summed E-state index contributed by atoms with van der Waals surface area (Å²) in [5, 5.41) is 3.29. The third-order valence-corrected chi connectivity index (χ3v) is 3.88. The van der Waals surface area contributed by atoms with Crippen molar-refractivity contribution >= 4 is 12.4 Å². The fourth-order valence-electron chi connectivity index (χ4n) is 2.96. The summed E-state index contributed by atoms with van der Waals surface area (Å²) in [7, 11) is 0. The standard InChI is InChI=1S/C13H12F5NO.ClH/c14-8-9(15)11(17)13(12(18)10(8)16)20-7-3-5-1-2-6(4-7)19-5;/h5-7,19H,1-4H2;1H/t5-,6+,7?;. The van der Waals surface area contributed by atoms with Crippen molar-refractivity contribution in [2.45, 2.75) is 43.9 Å². The van der Waals surface area contributed by atoms with Gasteiger partial charge in [0.25, 0.3) is 0 Å². The van der Waals surface area contributed by atoms with Gasteiger partial charge in [-0.15, -0.1) is 12.4 Å². The summed E-state index contributed by atoms with van der Waals surface area (Å²) in [5.41, 5.74) is 0. The Kier molecular flexibility index (Phi) is 4.63. The Hall–Kier alpha value is -1.08. The van der Waals surface area contributed by atoms with E-state index in [2.05, 4.69) is 5.32 Å². The molecule has 0 amide bonds. The first-order valence-corrected chi connectivity index (χ1v) is 6.41. The highest BCUT2D eigenvalue weighted by Gasteiger charge is 2.36. The molecule has 0 aliphatic carbocycles.